The van der Waals surface area contributed by atoms with Gasteiger partial charge in [0.1, 0.15) is 18.2 Å². The van der Waals surface area contributed by atoms with E-state index in [1.54, 1.807) is 15.5 Å². The summed E-state index contributed by atoms with van der Waals surface area (Å²) in [7, 11) is 0. The summed E-state index contributed by atoms with van der Waals surface area (Å²) in [6.45, 7) is 0.818. The highest BCUT2D eigenvalue weighted by Crippen LogP contribution is 2.32. The molecule has 11 heteroatoms. The van der Waals surface area contributed by atoms with Gasteiger partial charge in [0.2, 0.25) is 0 Å². The van der Waals surface area contributed by atoms with E-state index in [0.717, 1.165) is 0 Å². The number of halogens is 1. The first-order valence-electron chi connectivity index (χ1n) is 10.5. The molecule has 1 aromatic carbocycles. The van der Waals surface area contributed by atoms with E-state index in [9.17, 15) is 19.4 Å². The first kappa shape index (κ1) is 20.7. The number of amides is 1. The van der Waals surface area contributed by atoms with Crippen LogP contribution in [0.1, 0.15) is 29.4 Å². The fourth-order valence-corrected chi connectivity index (χ4v) is 4.30. The largest absolute Gasteiger partial charge is 0.394 e. The minimum Gasteiger partial charge on any atom is -0.394 e. The van der Waals surface area contributed by atoms with Crippen molar-refractivity contribution in [2.75, 3.05) is 25.0 Å². The average Bonchev–Trinajstić information content (AvgIpc) is 3.52. The van der Waals surface area contributed by atoms with Crippen LogP contribution in [0.5, 0.6) is 0 Å². The molecule has 1 amide bonds. The number of hydrogen-bond acceptors (Lipinski definition) is 8. The molecular weight excluding hydrogens is 419 g/mol. The Kier molecular flexibility index (Phi) is 5.45. The number of carbonyl (C=O) groups excluding carboxylic acids is 1. The van der Waals surface area contributed by atoms with Gasteiger partial charge in [-0.15, -0.1) is 0 Å². The third kappa shape index (κ3) is 3.78. The molecule has 3 N–H and O–H groups in total. The van der Waals surface area contributed by atoms with E-state index in [2.05, 4.69) is 20.3 Å². The number of benzene rings is 1. The highest BCUT2D eigenvalue weighted by Gasteiger charge is 2.36. The van der Waals surface area contributed by atoms with E-state index in [0.29, 0.717) is 48.5 Å². The molecule has 5 rings (SSSR count). The summed E-state index contributed by atoms with van der Waals surface area (Å²) in [4.78, 5) is 27.4. The predicted molar refractivity (Wildman–Crippen MR) is 111 cm³/mol. The maximum Gasteiger partial charge on any atom is 0.254 e. The van der Waals surface area contributed by atoms with Crippen LogP contribution in [0, 0.1) is 5.82 Å². The van der Waals surface area contributed by atoms with Crippen LogP contribution < -0.4 is 5.32 Å². The van der Waals surface area contributed by atoms with Crippen molar-refractivity contribution in [2.24, 2.45) is 0 Å². The number of imidazole rings is 1. The monoisotopic (exact) mass is 442 g/mol. The first-order valence-corrected chi connectivity index (χ1v) is 10.5. The van der Waals surface area contributed by atoms with Gasteiger partial charge in [-0.05, 0) is 24.6 Å². The Morgan fingerprint density at radius 2 is 2.19 bits per heavy atom. The number of ether oxygens (including phenoxy) is 1. The zero-order valence-corrected chi connectivity index (χ0v) is 17.1. The van der Waals surface area contributed by atoms with Gasteiger partial charge in [-0.2, -0.15) is 0 Å². The lowest BCUT2D eigenvalue weighted by Crippen LogP contribution is -2.31. The molecule has 168 valence electrons. The lowest BCUT2D eigenvalue weighted by Gasteiger charge is -2.18. The molecule has 0 spiro atoms. The second-order valence-corrected chi connectivity index (χ2v) is 8.07. The number of likely N-dealkylation sites (tertiary alicyclic amines) is 1. The van der Waals surface area contributed by atoms with Crippen LogP contribution in [0.4, 0.5) is 10.2 Å². The van der Waals surface area contributed by atoms with Crippen molar-refractivity contribution in [3.05, 3.63) is 48.3 Å². The lowest BCUT2D eigenvalue weighted by atomic mass is 10.2. The number of carbonyl (C=O) groups is 1. The van der Waals surface area contributed by atoms with Gasteiger partial charge in [0.05, 0.1) is 19.0 Å². The zero-order valence-electron chi connectivity index (χ0n) is 17.1. The lowest BCUT2D eigenvalue weighted by molar-refractivity contribution is -0.0486. The Morgan fingerprint density at radius 1 is 1.31 bits per heavy atom. The number of hydrogen-bond donors (Lipinski definition) is 3. The smallest absolute Gasteiger partial charge is 0.254 e. The molecular formula is C21H23FN6O4. The van der Waals surface area contributed by atoms with Crippen LogP contribution in [-0.4, -0.2) is 78.5 Å². The Labute approximate surface area is 182 Å². The molecule has 2 aliphatic heterocycles. The topological polar surface area (TPSA) is 126 Å². The number of anilines is 1. The molecule has 0 saturated carbocycles. The Morgan fingerprint density at radius 3 is 2.97 bits per heavy atom. The van der Waals surface area contributed by atoms with Gasteiger partial charge in [0.25, 0.3) is 5.91 Å². The maximum absolute atomic E-state index is 13.5. The first-order chi connectivity index (χ1) is 15.5. The van der Waals surface area contributed by atoms with E-state index in [4.69, 9.17) is 4.74 Å². The van der Waals surface area contributed by atoms with Crippen molar-refractivity contribution in [1.82, 2.24) is 24.4 Å². The number of aliphatic hydroxyl groups excluding tert-OH is 2. The molecule has 0 aliphatic carbocycles. The quantitative estimate of drug-likeness (QED) is 0.533. The average molecular weight is 442 g/mol. The van der Waals surface area contributed by atoms with E-state index in [1.165, 1.54) is 30.9 Å². The van der Waals surface area contributed by atoms with Crippen LogP contribution in [0.25, 0.3) is 11.2 Å². The second-order valence-electron chi connectivity index (χ2n) is 8.07. The summed E-state index contributed by atoms with van der Waals surface area (Å²) in [5, 5.41) is 23.0. The number of aliphatic hydroxyl groups is 2. The molecule has 2 saturated heterocycles. The predicted octanol–water partition coefficient (Wildman–Crippen LogP) is 0.933. The summed E-state index contributed by atoms with van der Waals surface area (Å²) >= 11 is 0. The van der Waals surface area contributed by atoms with Crippen LogP contribution in [0.2, 0.25) is 0 Å². The number of nitrogens with one attached hydrogen (secondary N) is 1. The molecule has 32 heavy (non-hydrogen) atoms. The molecule has 2 aliphatic rings. The third-order valence-corrected chi connectivity index (χ3v) is 5.89. The van der Waals surface area contributed by atoms with Crippen molar-refractivity contribution in [3.8, 4) is 0 Å². The molecule has 10 nitrogen and oxygen atoms in total. The Bertz CT molecular complexity index is 1140. The number of rotatable bonds is 5. The fourth-order valence-electron chi connectivity index (χ4n) is 4.30. The highest BCUT2D eigenvalue weighted by atomic mass is 19.1. The molecule has 0 radical (unpaired) electrons. The van der Waals surface area contributed by atoms with Gasteiger partial charge in [0.15, 0.2) is 23.2 Å². The van der Waals surface area contributed by atoms with Gasteiger partial charge in [-0.1, -0.05) is 6.07 Å². The minimum atomic E-state index is -0.784. The van der Waals surface area contributed by atoms with Crippen molar-refractivity contribution < 1.29 is 24.1 Å². The van der Waals surface area contributed by atoms with Crippen molar-refractivity contribution in [2.45, 2.75) is 37.3 Å². The van der Waals surface area contributed by atoms with Gasteiger partial charge in [-0.25, -0.2) is 19.3 Å². The number of nitrogens with zero attached hydrogens (tertiary/aromatic N) is 5. The van der Waals surface area contributed by atoms with Crippen LogP contribution >= 0.6 is 0 Å². The molecule has 2 fully saturated rings. The summed E-state index contributed by atoms with van der Waals surface area (Å²) in [6.07, 6.45) is 2.06. The Hall–Kier alpha value is -3.15. The molecule has 4 heterocycles. The maximum atomic E-state index is 13.5. The van der Waals surface area contributed by atoms with Crippen molar-refractivity contribution in [1.29, 1.82) is 0 Å². The van der Waals surface area contributed by atoms with Gasteiger partial charge < -0.3 is 25.2 Å². The second kappa shape index (κ2) is 8.41. The standard InChI is InChI=1S/C21H23FN6O4/c22-13-3-1-2-12(6-13)20(31)27-5-4-14(8-27)26-18-17-19(24-10-23-18)28(11-25-17)21-16(30)7-15(9-29)32-21/h1-3,6,10-11,14-16,21,29-30H,4-5,7-9H2,(H,23,24,26)/t14-,15+,16-,21-/m1/s1. The van der Waals surface area contributed by atoms with Crippen molar-refractivity contribution >= 4 is 22.9 Å². The van der Waals surface area contributed by atoms with Crippen molar-refractivity contribution in [3.63, 3.8) is 0 Å². The van der Waals surface area contributed by atoms with Gasteiger partial charge in [0, 0.05) is 31.1 Å². The molecule has 3 aromatic rings. The molecule has 2 aromatic heterocycles. The van der Waals surface area contributed by atoms with Gasteiger partial charge >= 0.3 is 0 Å². The van der Waals surface area contributed by atoms with Crippen LogP contribution in [-0.2, 0) is 4.74 Å². The molecule has 0 bridgehead atoms. The summed E-state index contributed by atoms with van der Waals surface area (Å²) in [5.41, 5.74) is 1.34. The van der Waals surface area contributed by atoms with E-state index in [1.807, 2.05) is 0 Å². The summed E-state index contributed by atoms with van der Waals surface area (Å²) in [5.74, 6) is -0.132. The minimum absolute atomic E-state index is 0.0529. The summed E-state index contributed by atoms with van der Waals surface area (Å²) < 4.78 is 20.8. The van der Waals surface area contributed by atoms with E-state index in [-0.39, 0.29) is 18.6 Å². The third-order valence-electron chi connectivity index (χ3n) is 5.89. The Balaban J connectivity index is 1.31. The van der Waals surface area contributed by atoms with Gasteiger partial charge in [-0.3, -0.25) is 9.36 Å². The molecule has 4 atom stereocenters. The normalized spacial score (nSPS) is 25.5. The fraction of sp³-hybridized carbons (Fsp3) is 0.429. The number of fused-ring (bicyclic) bond motifs is 1. The van der Waals surface area contributed by atoms with Crippen LogP contribution in [0.3, 0.4) is 0 Å². The molecule has 0 unspecified atom stereocenters. The SMILES string of the molecule is O=C(c1cccc(F)c1)N1CC[C@@H](Nc2ncnc3c2ncn3[C@@H]2O[C@H](CO)C[C@H]2O)C1. The zero-order chi connectivity index (χ0) is 22.2. The van der Waals surface area contributed by atoms with Crippen LogP contribution in [0.15, 0.2) is 36.9 Å². The summed E-state index contributed by atoms with van der Waals surface area (Å²) in [6, 6.07) is 5.63. The highest BCUT2D eigenvalue weighted by molar-refractivity contribution is 5.94. The van der Waals surface area contributed by atoms with E-state index >= 15 is 0 Å². The van der Waals surface area contributed by atoms with E-state index < -0.39 is 24.3 Å². The number of aromatic nitrogens is 4.